The van der Waals surface area contributed by atoms with E-state index >= 15 is 0 Å². The van der Waals surface area contributed by atoms with E-state index in [1.54, 1.807) is 0 Å². The van der Waals surface area contributed by atoms with Gasteiger partial charge in [0, 0.05) is 18.8 Å². The molecule has 98 valence electrons. The topological polar surface area (TPSA) is 21.3 Å². The van der Waals surface area contributed by atoms with E-state index in [4.69, 9.17) is 4.74 Å². The summed E-state index contributed by atoms with van der Waals surface area (Å²) in [5, 5.41) is 3.59. The average Bonchev–Trinajstić information content (AvgIpc) is 2.19. The smallest absolute Gasteiger partial charge is 0.0469 e. The highest BCUT2D eigenvalue weighted by atomic mass is 16.5. The molecule has 2 nitrogen and oxygen atoms in total. The monoisotopic (exact) mass is 229 g/mol. The number of hydrogen-bond acceptors (Lipinski definition) is 2. The fourth-order valence-corrected chi connectivity index (χ4v) is 1.70. The van der Waals surface area contributed by atoms with Crippen molar-refractivity contribution in [1.82, 2.24) is 5.32 Å². The van der Waals surface area contributed by atoms with Crippen LogP contribution >= 0.6 is 0 Å². The van der Waals surface area contributed by atoms with Crippen molar-refractivity contribution in [2.24, 2.45) is 5.92 Å². The van der Waals surface area contributed by atoms with E-state index in [0.717, 1.165) is 32.1 Å². The van der Waals surface area contributed by atoms with Crippen molar-refractivity contribution < 1.29 is 4.74 Å². The molecule has 0 aliphatic carbocycles. The van der Waals surface area contributed by atoms with Crippen LogP contribution in [0.5, 0.6) is 0 Å². The van der Waals surface area contributed by atoms with Crippen LogP contribution < -0.4 is 5.32 Å². The zero-order valence-electron chi connectivity index (χ0n) is 11.9. The highest BCUT2D eigenvalue weighted by Crippen LogP contribution is 2.12. The Bertz CT molecular complexity index is 151. The molecule has 0 aliphatic heterocycles. The van der Waals surface area contributed by atoms with E-state index in [1.807, 2.05) is 0 Å². The van der Waals surface area contributed by atoms with Crippen molar-refractivity contribution in [3.63, 3.8) is 0 Å². The molecule has 0 amide bonds. The van der Waals surface area contributed by atoms with Crippen molar-refractivity contribution in [2.45, 2.75) is 65.8 Å². The van der Waals surface area contributed by atoms with Gasteiger partial charge in [0.1, 0.15) is 0 Å². The summed E-state index contributed by atoms with van der Waals surface area (Å²) in [5.74, 6) is 0.765. The summed E-state index contributed by atoms with van der Waals surface area (Å²) in [5.41, 5.74) is 0.232. The second kappa shape index (κ2) is 9.00. The molecule has 0 saturated carbocycles. The van der Waals surface area contributed by atoms with Gasteiger partial charge in [-0.15, -0.1) is 0 Å². The summed E-state index contributed by atoms with van der Waals surface area (Å²) >= 11 is 0. The third-order valence-electron chi connectivity index (χ3n) is 2.64. The van der Waals surface area contributed by atoms with Crippen LogP contribution in [-0.4, -0.2) is 25.3 Å². The van der Waals surface area contributed by atoms with Gasteiger partial charge in [0.25, 0.3) is 0 Å². The third-order valence-corrected chi connectivity index (χ3v) is 2.64. The first kappa shape index (κ1) is 15.9. The van der Waals surface area contributed by atoms with E-state index in [2.05, 4.69) is 39.9 Å². The SMILES string of the molecule is CCCOCCC(CCC)CNC(C)(C)C. The molecular formula is C14H31NO. The van der Waals surface area contributed by atoms with Gasteiger partial charge in [0.05, 0.1) is 0 Å². The maximum Gasteiger partial charge on any atom is 0.0469 e. The first-order valence-corrected chi connectivity index (χ1v) is 6.82. The summed E-state index contributed by atoms with van der Waals surface area (Å²) in [6.45, 7) is 14.0. The van der Waals surface area contributed by atoms with Crippen LogP contribution in [-0.2, 0) is 4.74 Å². The minimum atomic E-state index is 0.232. The van der Waals surface area contributed by atoms with E-state index in [-0.39, 0.29) is 5.54 Å². The Kier molecular flexibility index (Phi) is 8.96. The lowest BCUT2D eigenvalue weighted by atomic mass is 9.98. The second-order valence-electron chi connectivity index (χ2n) is 5.69. The quantitative estimate of drug-likeness (QED) is 0.610. The average molecular weight is 229 g/mol. The zero-order valence-corrected chi connectivity index (χ0v) is 11.9. The molecular weight excluding hydrogens is 198 g/mol. The molecule has 0 saturated heterocycles. The van der Waals surface area contributed by atoms with Gasteiger partial charge < -0.3 is 10.1 Å². The van der Waals surface area contributed by atoms with Gasteiger partial charge in [-0.05, 0) is 52.5 Å². The summed E-state index contributed by atoms with van der Waals surface area (Å²) < 4.78 is 5.56. The fourth-order valence-electron chi connectivity index (χ4n) is 1.70. The number of hydrogen-bond donors (Lipinski definition) is 1. The van der Waals surface area contributed by atoms with Gasteiger partial charge in [0.15, 0.2) is 0 Å². The van der Waals surface area contributed by atoms with Gasteiger partial charge in [-0.1, -0.05) is 20.3 Å². The van der Waals surface area contributed by atoms with Crippen LogP contribution in [0.15, 0.2) is 0 Å². The Labute approximate surface area is 102 Å². The molecule has 0 aromatic heterocycles. The zero-order chi connectivity index (χ0) is 12.4. The Balaban J connectivity index is 3.70. The van der Waals surface area contributed by atoms with Crippen LogP contribution in [0.2, 0.25) is 0 Å². The minimum absolute atomic E-state index is 0.232. The summed E-state index contributed by atoms with van der Waals surface area (Å²) in [6.07, 6.45) is 4.89. The van der Waals surface area contributed by atoms with Gasteiger partial charge in [-0.2, -0.15) is 0 Å². The van der Waals surface area contributed by atoms with Crippen LogP contribution in [0.25, 0.3) is 0 Å². The van der Waals surface area contributed by atoms with Gasteiger partial charge in [-0.3, -0.25) is 0 Å². The Hall–Kier alpha value is -0.0800. The van der Waals surface area contributed by atoms with Crippen LogP contribution in [0, 0.1) is 5.92 Å². The van der Waals surface area contributed by atoms with Crippen molar-refractivity contribution in [3.05, 3.63) is 0 Å². The standard InChI is InChI=1S/C14H31NO/c1-6-8-13(9-11-16-10-7-2)12-15-14(3,4)5/h13,15H,6-12H2,1-5H3. The number of rotatable bonds is 9. The van der Waals surface area contributed by atoms with E-state index in [0.29, 0.717) is 0 Å². The van der Waals surface area contributed by atoms with E-state index < -0.39 is 0 Å². The normalized spacial score (nSPS) is 14.1. The molecule has 1 unspecified atom stereocenters. The molecule has 2 heteroatoms. The lowest BCUT2D eigenvalue weighted by Crippen LogP contribution is -2.39. The largest absolute Gasteiger partial charge is 0.381 e. The summed E-state index contributed by atoms with van der Waals surface area (Å²) in [6, 6.07) is 0. The molecule has 0 heterocycles. The van der Waals surface area contributed by atoms with Crippen molar-refractivity contribution in [1.29, 1.82) is 0 Å². The highest BCUT2D eigenvalue weighted by molar-refractivity contribution is 4.73. The Morgan fingerprint density at radius 1 is 1.00 bits per heavy atom. The van der Waals surface area contributed by atoms with Crippen molar-refractivity contribution in [2.75, 3.05) is 19.8 Å². The van der Waals surface area contributed by atoms with Crippen molar-refractivity contribution in [3.8, 4) is 0 Å². The molecule has 0 bridgehead atoms. The molecule has 0 fully saturated rings. The third kappa shape index (κ3) is 10.4. The fraction of sp³-hybridized carbons (Fsp3) is 1.00. The molecule has 0 aromatic carbocycles. The van der Waals surface area contributed by atoms with Crippen LogP contribution in [0.1, 0.15) is 60.3 Å². The first-order valence-electron chi connectivity index (χ1n) is 6.82. The van der Waals surface area contributed by atoms with E-state index in [9.17, 15) is 0 Å². The molecule has 0 aliphatic rings. The lowest BCUT2D eigenvalue weighted by Gasteiger charge is -2.25. The molecule has 0 radical (unpaired) electrons. The Morgan fingerprint density at radius 3 is 2.19 bits per heavy atom. The van der Waals surface area contributed by atoms with Gasteiger partial charge in [-0.25, -0.2) is 0 Å². The maximum atomic E-state index is 5.56. The summed E-state index contributed by atoms with van der Waals surface area (Å²) in [7, 11) is 0. The molecule has 1 N–H and O–H groups in total. The molecule has 16 heavy (non-hydrogen) atoms. The lowest BCUT2D eigenvalue weighted by molar-refractivity contribution is 0.117. The molecule has 0 spiro atoms. The van der Waals surface area contributed by atoms with Crippen molar-refractivity contribution >= 4 is 0 Å². The number of ether oxygens (including phenoxy) is 1. The van der Waals surface area contributed by atoms with E-state index in [1.165, 1.54) is 19.3 Å². The van der Waals surface area contributed by atoms with Gasteiger partial charge >= 0.3 is 0 Å². The maximum absolute atomic E-state index is 5.56. The predicted molar refractivity (Wildman–Crippen MR) is 71.9 cm³/mol. The minimum Gasteiger partial charge on any atom is -0.381 e. The first-order chi connectivity index (χ1) is 7.49. The van der Waals surface area contributed by atoms with Crippen LogP contribution in [0.3, 0.4) is 0 Å². The molecule has 0 rings (SSSR count). The number of nitrogens with one attached hydrogen (secondary N) is 1. The second-order valence-corrected chi connectivity index (χ2v) is 5.69. The molecule has 0 aromatic rings. The predicted octanol–water partition coefficient (Wildman–Crippen LogP) is 3.61. The molecule has 1 atom stereocenters. The Morgan fingerprint density at radius 2 is 1.69 bits per heavy atom. The summed E-state index contributed by atoms with van der Waals surface area (Å²) in [4.78, 5) is 0. The van der Waals surface area contributed by atoms with Gasteiger partial charge in [0.2, 0.25) is 0 Å². The highest BCUT2D eigenvalue weighted by Gasteiger charge is 2.13. The van der Waals surface area contributed by atoms with Crippen LogP contribution in [0.4, 0.5) is 0 Å².